The molecule has 6 heteroatoms. The standard InChI is InChI=1S/C12H15ClF3NO/c1-3-9(7-18-2)17-11-5-4-8(13)6-10(11)12(14,15)16/h4-6,9,17H,3,7H2,1-2H3. The summed E-state index contributed by atoms with van der Waals surface area (Å²) >= 11 is 5.60. The number of hydrogen-bond acceptors (Lipinski definition) is 2. The molecule has 0 saturated heterocycles. The average molecular weight is 282 g/mol. The molecule has 1 rings (SSSR count). The lowest BCUT2D eigenvalue weighted by molar-refractivity contribution is -0.137. The Morgan fingerprint density at radius 3 is 2.56 bits per heavy atom. The maximum Gasteiger partial charge on any atom is 0.418 e. The smallest absolute Gasteiger partial charge is 0.383 e. The first kappa shape index (κ1) is 15.1. The maximum absolute atomic E-state index is 12.8. The van der Waals surface area contributed by atoms with Gasteiger partial charge in [-0.25, -0.2) is 0 Å². The van der Waals surface area contributed by atoms with Crippen molar-refractivity contribution in [1.82, 2.24) is 0 Å². The number of alkyl halides is 3. The molecule has 1 aromatic rings. The quantitative estimate of drug-likeness (QED) is 0.873. The largest absolute Gasteiger partial charge is 0.418 e. The van der Waals surface area contributed by atoms with E-state index in [1.54, 1.807) is 0 Å². The number of nitrogens with one attached hydrogen (secondary N) is 1. The van der Waals surface area contributed by atoms with Gasteiger partial charge in [-0.2, -0.15) is 13.2 Å². The van der Waals surface area contributed by atoms with Crippen LogP contribution in [0.2, 0.25) is 5.02 Å². The topological polar surface area (TPSA) is 21.3 Å². The van der Waals surface area contributed by atoms with Crippen LogP contribution in [0.5, 0.6) is 0 Å². The van der Waals surface area contributed by atoms with Crippen molar-refractivity contribution in [2.45, 2.75) is 25.6 Å². The molecule has 1 atom stereocenters. The lowest BCUT2D eigenvalue weighted by Crippen LogP contribution is -2.25. The number of rotatable bonds is 5. The van der Waals surface area contributed by atoms with E-state index in [0.717, 1.165) is 6.07 Å². The summed E-state index contributed by atoms with van der Waals surface area (Å²) in [6.45, 7) is 2.22. The Hall–Kier alpha value is -0.940. The Balaban J connectivity index is 3.01. The van der Waals surface area contributed by atoms with Gasteiger partial charge in [-0.3, -0.25) is 0 Å². The lowest BCUT2D eigenvalue weighted by Gasteiger charge is -2.21. The summed E-state index contributed by atoms with van der Waals surface area (Å²) in [4.78, 5) is 0. The van der Waals surface area contributed by atoms with Crippen LogP contribution in [0.25, 0.3) is 0 Å². The van der Waals surface area contributed by atoms with Crippen molar-refractivity contribution in [2.24, 2.45) is 0 Å². The SMILES string of the molecule is CCC(COC)Nc1ccc(Cl)cc1C(F)(F)F. The van der Waals surface area contributed by atoms with Crippen molar-refractivity contribution in [3.05, 3.63) is 28.8 Å². The molecule has 1 aromatic carbocycles. The Labute approximate surface area is 109 Å². The molecule has 0 saturated carbocycles. The molecule has 1 N–H and O–H groups in total. The zero-order valence-electron chi connectivity index (χ0n) is 10.1. The molecule has 0 amide bonds. The predicted molar refractivity (Wildman–Crippen MR) is 66.0 cm³/mol. The molecule has 0 aliphatic carbocycles. The fourth-order valence-corrected chi connectivity index (χ4v) is 1.73. The van der Waals surface area contributed by atoms with E-state index in [0.29, 0.717) is 13.0 Å². The first-order valence-electron chi connectivity index (χ1n) is 5.50. The molecule has 0 radical (unpaired) electrons. The second kappa shape index (κ2) is 6.29. The Morgan fingerprint density at radius 2 is 2.06 bits per heavy atom. The van der Waals surface area contributed by atoms with Gasteiger partial charge in [0.1, 0.15) is 0 Å². The third kappa shape index (κ3) is 4.07. The second-order valence-electron chi connectivity index (χ2n) is 3.89. The van der Waals surface area contributed by atoms with Crippen molar-refractivity contribution < 1.29 is 17.9 Å². The first-order chi connectivity index (χ1) is 8.38. The van der Waals surface area contributed by atoms with Crippen LogP contribution in [0.1, 0.15) is 18.9 Å². The molecule has 18 heavy (non-hydrogen) atoms. The van der Waals surface area contributed by atoms with Crippen molar-refractivity contribution in [1.29, 1.82) is 0 Å². The number of benzene rings is 1. The van der Waals surface area contributed by atoms with E-state index in [9.17, 15) is 13.2 Å². The highest BCUT2D eigenvalue weighted by Gasteiger charge is 2.34. The Morgan fingerprint density at radius 1 is 1.39 bits per heavy atom. The van der Waals surface area contributed by atoms with Gasteiger partial charge in [0.2, 0.25) is 0 Å². The minimum absolute atomic E-state index is 0.0239. The fraction of sp³-hybridized carbons (Fsp3) is 0.500. The van der Waals surface area contributed by atoms with Gasteiger partial charge in [-0.15, -0.1) is 0 Å². The molecule has 0 heterocycles. The predicted octanol–water partition coefficient (Wildman–Crippen LogP) is 4.20. The van der Waals surface area contributed by atoms with Crippen LogP contribution < -0.4 is 5.32 Å². The minimum Gasteiger partial charge on any atom is -0.383 e. The van der Waals surface area contributed by atoms with E-state index < -0.39 is 11.7 Å². The number of halogens is 4. The Bertz CT molecular complexity index is 395. The maximum atomic E-state index is 12.8. The van der Waals surface area contributed by atoms with Crippen LogP contribution >= 0.6 is 11.6 Å². The van der Waals surface area contributed by atoms with Crippen LogP contribution in [0, 0.1) is 0 Å². The van der Waals surface area contributed by atoms with Gasteiger partial charge in [-0.05, 0) is 24.6 Å². The fourth-order valence-electron chi connectivity index (χ4n) is 1.56. The number of ether oxygens (including phenoxy) is 1. The van der Waals surface area contributed by atoms with Gasteiger partial charge in [0, 0.05) is 23.9 Å². The monoisotopic (exact) mass is 281 g/mol. The van der Waals surface area contributed by atoms with Gasteiger partial charge in [0.25, 0.3) is 0 Å². The highest BCUT2D eigenvalue weighted by Crippen LogP contribution is 2.36. The van der Waals surface area contributed by atoms with Crippen LogP contribution in [0.4, 0.5) is 18.9 Å². The normalized spacial score (nSPS) is 13.4. The van der Waals surface area contributed by atoms with Gasteiger partial charge in [0.05, 0.1) is 12.2 Å². The summed E-state index contributed by atoms with van der Waals surface area (Å²) in [7, 11) is 1.51. The number of hydrogen-bond donors (Lipinski definition) is 1. The van der Waals surface area contributed by atoms with Crippen molar-refractivity contribution in [3.8, 4) is 0 Å². The number of methoxy groups -OCH3 is 1. The van der Waals surface area contributed by atoms with Crippen LogP contribution in [-0.4, -0.2) is 19.8 Å². The zero-order valence-corrected chi connectivity index (χ0v) is 10.9. The lowest BCUT2D eigenvalue weighted by atomic mass is 10.1. The number of anilines is 1. The molecule has 2 nitrogen and oxygen atoms in total. The van der Waals surface area contributed by atoms with E-state index >= 15 is 0 Å². The van der Waals surface area contributed by atoms with Crippen molar-refractivity contribution >= 4 is 17.3 Å². The van der Waals surface area contributed by atoms with Gasteiger partial charge in [0.15, 0.2) is 0 Å². The molecule has 0 aromatic heterocycles. The summed E-state index contributed by atoms with van der Waals surface area (Å²) in [5, 5.41) is 2.89. The molecular formula is C12H15ClF3NO. The molecule has 0 aliphatic rings. The second-order valence-corrected chi connectivity index (χ2v) is 4.33. The van der Waals surface area contributed by atoms with Crippen LogP contribution in [0.3, 0.4) is 0 Å². The van der Waals surface area contributed by atoms with Gasteiger partial charge >= 0.3 is 6.18 Å². The zero-order chi connectivity index (χ0) is 13.8. The molecular weight excluding hydrogens is 267 g/mol. The molecule has 0 aliphatic heterocycles. The third-order valence-corrected chi connectivity index (χ3v) is 2.74. The summed E-state index contributed by atoms with van der Waals surface area (Å²) in [6.07, 6.45) is -3.77. The minimum atomic E-state index is -4.43. The first-order valence-corrected chi connectivity index (χ1v) is 5.88. The summed E-state index contributed by atoms with van der Waals surface area (Å²) in [5.74, 6) is 0. The third-order valence-electron chi connectivity index (χ3n) is 2.51. The highest BCUT2D eigenvalue weighted by atomic mass is 35.5. The Kier molecular flexibility index (Phi) is 5.28. The molecule has 102 valence electrons. The van der Waals surface area contributed by atoms with Crippen LogP contribution in [0.15, 0.2) is 18.2 Å². The van der Waals surface area contributed by atoms with Gasteiger partial charge in [-0.1, -0.05) is 18.5 Å². The van der Waals surface area contributed by atoms with E-state index in [-0.39, 0.29) is 16.8 Å². The summed E-state index contributed by atoms with van der Waals surface area (Å²) < 4.78 is 43.5. The van der Waals surface area contributed by atoms with Crippen molar-refractivity contribution in [2.75, 3.05) is 19.0 Å². The van der Waals surface area contributed by atoms with Crippen LogP contribution in [-0.2, 0) is 10.9 Å². The highest BCUT2D eigenvalue weighted by molar-refractivity contribution is 6.30. The average Bonchev–Trinajstić information content (AvgIpc) is 2.29. The van der Waals surface area contributed by atoms with Crippen molar-refractivity contribution in [3.63, 3.8) is 0 Å². The van der Waals surface area contributed by atoms with E-state index in [1.807, 2.05) is 6.92 Å². The van der Waals surface area contributed by atoms with E-state index in [1.165, 1.54) is 19.2 Å². The van der Waals surface area contributed by atoms with E-state index in [2.05, 4.69) is 5.32 Å². The molecule has 0 fully saturated rings. The van der Waals surface area contributed by atoms with E-state index in [4.69, 9.17) is 16.3 Å². The molecule has 1 unspecified atom stereocenters. The van der Waals surface area contributed by atoms with Gasteiger partial charge < -0.3 is 10.1 Å². The summed E-state index contributed by atoms with van der Waals surface area (Å²) in [6, 6.07) is 3.52. The summed E-state index contributed by atoms with van der Waals surface area (Å²) in [5.41, 5.74) is -0.736. The molecule has 0 spiro atoms. The molecule has 0 bridgehead atoms.